The number of hydrogen-bond acceptors (Lipinski definition) is 3. The molecule has 0 fully saturated rings. The van der Waals surface area contributed by atoms with Gasteiger partial charge in [-0.3, -0.25) is 4.79 Å². The van der Waals surface area contributed by atoms with Crippen molar-refractivity contribution < 1.29 is 9.21 Å². The molecule has 0 radical (unpaired) electrons. The molecule has 21 heavy (non-hydrogen) atoms. The molecular formula is C16H17N3O2. The van der Waals surface area contributed by atoms with Crippen molar-refractivity contribution in [1.29, 1.82) is 0 Å². The Hall–Kier alpha value is -2.56. The van der Waals surface area contributed by atoms with E-state index in [0.717, 1.165) is 16.5 Å². The SMILES string of the molecule is Cc1c(C(=O)N[C@H](C)Cn2ccnc2)oc2ccccc12. The summed E-state index contributed by atoms with van der Waals surface area (Å²) in [5.74, 6) is 0.199. The van der Waals surface area contributed by atoms with Crippen LogP contribution < -0.4 is 5.32 Å². The van der Waals surface area contributed by atoms with Crippen molar-refractivity contribution in [3.05, 3.63) is 54.3 Å². The Labute approximate surface area is 122 Å². The third-order valence-corrected chi connectivity index (χ3v) is 3.47. The van der Waals surface area contributed by atoms with E-state index in [1.165, 1.54) is 0 Å². The van der Waals surface area contributed by atoms with E-state index in [9.17, 15) is 4.79 Å². The highest BCUT2D eigenvalue weighted by Crippen LogP contribution is 2.24. The Bertz CT molecular complexity index is 759. The van der Waals surface area contributed by atoms with Crippen molar-refractivity contribution in [2.75, 3.05) is 0 Å². The van der Waals surface area contributed by atoms with Crippen molar-refractivity contribution in [3.63, 3.8) is 0 Å². The fourth-order valence-corrected chi connectivity index (χ4v) is 2.44. The molecule has 108 valence electrons. The lowest BCUT2D eigenvalue weighted by Crippen LogP contribution is -2.35. The van der Waals surface area contributed by atoms with E-state index in [0.29, 0.717) is 12.3 Å². The molecule has 3 rings (SSSR count). The normalized spacial score (nSPS) is 12.5. The first-order chi connectivity index (χ1) is 10.1. The maximum absolute atomic E-state index is 12.3. The molecule has 0 saturated carbocycles. The fraction of sp³-hybridized carbons (Fsp3) is 0.250. The van der Waals surface area contributed by atoms with Crippen molar-refractivity contribution in [1.82, 2.24) is 14.9 Å². The number of furan rings is 1. The second kappa shape index (κ2) is 5.44. The number of carbonyl (C=O) groups excluding carboxylic acids is 1. The monoisotopic (exact) mass is 283 g/mol. The van der Waals surface area contributed by atoms with Gasteiger partial charge in [0.25, 0.3) is 5.91 Å². The molecule has 2 aromatic heterocycles. The Kier molecular flexibility index (Phi) is 3.48. The Morgan fingerprint density at radius 2 is 2.24 bits per heavy atom. The van der Waals surface area contributed by atoms with Crippen molar-refractivity contribution >= 4 is 16.9 Å². The number of fused-ring (bicyclic) bond motifs is 1. The average Bonchev–Trinajstić information content (AvgIpc) is 3.07. The number of aryl methyl sites for hydroxylation is 1. The minimum Gasteiger partial charge on any atom is -0.451 e. The van der Waals surface area contributed by atoms with Crippen molar-refractivity contribution in [2.24, 2.45) is 0 Å². The van der Waals surface area contributed by atoms with Crippen LogP contribution in [0.1, 0.15) is 23.0 Å². The van der Waals surface area contributed by atoms with E-state index >= 15 is 0 Å². The summed E-state index contributed by atoms with van der Waals surface area (Å²) in [5.41, 5.74) is 1.61. The van der Waals surface area contributed by atoms with Crippen LogP contribution in [0.4, 0.5) is 0 Å². The summed E-state index contributed by atoms with van der Waals surface area (Å²) in [6.45, 7) is 4.53. The van der Waals surface area contributed by atoms with E-state index in [4.69, 9.17) is 4.42 Å². The summed E-state index contributed by atoms with van der Waals surface area (Å²) in [6, 6.07) is 7.65. The minimum atomic E-state index is -0.184. The molecule has 5 heteroatoms. The summed E-state index contributed by atoms with van der Waals surface area (Å²) in [5, 5.41) is 3.93. The van der Waals surface area contributed by atoms with Crippen LogP contribution in [-0.2, 0) is 6.54 Å². The molecule has 0 unspecified atom stereocenters. The number of hydrogen-bond donors (Lipinski definition) is 1. The molecule has 2 heterocycles. The highest BCUT2D eigenvalue weighted by atomic mass is 16.3. The predicted octanol–water partition coefficient (Wildman–Crippen LogP) is 2.76. The first-order valence-corrected chi connectivity index (χ1v) is 6.90. The number of benzene rings is 1. The van der Waals surface area contributed by atoms with Gasteiger partial charge in [0.1, 0.15) is 5.58 Å². The Morgan fingerprint density at radius 1 is 1.43 bits per heavy atom. The molecule has 1 N–H and O–H groups in total. The molecular weight excluding hydrogens is 266 g/mol. The smallest absolute Gasteiger partial charge is 0.287 e. The average molecular weight is 283 g/mol. The Balaban J connectivity index is 1.76. The topological polar surface area (TPSA) is 60.1 Å². The number of imidazole rings is 1. The van der Waals surface area contributed by atoms with Crippen LogP contribution >= 0.6 is 0 Å². The van der Waals surface area contributed by atoms with E-state index < -0.39 is 0 Å². The number of para-hydroxylation sites is 1. The van der Waals surface area contributed by atoms with E-state index in [1.54, 1.807) is 12.5 Å². The molecule has 5 nitrogen and oxygen atoms in total. The zero-order valence-corrected chi connectivity index (χ0v) is 12.0. The van der Waals surface area contributed by atoms with Crippen LogP contribution in [0, 0.1) is 6.92 Å². The number of amides is 1. The molecule has 1 aromatic carbocycles. The zero-order chi connectivity index (χ0) is 14.8. The molecule has 0 spiro atoms. The lowest BCUT2D eigenvalue weighted by molar-refractivity contribution is 0.0910. The molecule has 0 aliphatic carbocycles. The van der Waals surface area contributed by atoms with E-state index in [1.807, 2.05) is 48.9 Å². The molecule has 0 bridgehead atoms. The van der Waals surface area contributed by atoms with Crippen LogP contribution in [0.5, 0.6) is 0 Å². The number of rotatable bonds is 4. The quantitative estimate of drug-likeness (QED) is 0.801. The predicted molar refractivity (Wildman–Crippen MR) is 80.1 cm³/mol. The fourth-order valence-electron chi connectivity index (χ4n) is 2.44. The third kappa shape index (κ3) is 2.67. The van der Waals surface area contributed by atoms with Crippen LogP contribution in [-0.4, -0.2) is 21.5 Å². The van der Waals surface area contributed by atoms with Gasteiger partial charge in [-0.05, 0) is 19.9 Å². The summed E-state index contributed by atoms with van der Waals surface area (Å²) in [7, 11) is 0. The van der Waals surface area contributed by atoms with Gasteiger partial charge in [-0.1, -0.05) is 18.2 Å². The second-order valence-corrected chi connectivity index (χ2v) is 5.19. The number of nitrogens with one attached hydrogen (secondary N) is 1. The summed E-state index contributed by atoms with van der Waals surface area (Å²) in [4.78, 5) is 16.3. The first-order valence-electron chi connectivity index (χ1n) is 6.90. The van der Waals surface area contributed by atoms with Gasteiger partial charge in [-0.2, -0.15) is 0 Å². The van der Waals surface area contributed by atoms with Gasteiger partial charge in [0, 0.05) is 35.9 Å². The van der Waals surface area contributed by atoms with E-state index in [-0.39, 0.29) is 11.9 Å². The van der Waals surface area contributed by atoms with E-state index in [2.05, 4.69) is 10.3 Å². The van der Waals surface area contributed by atoms with Crippen LogP contribution in [0.2, 0.25) is 0 Å². The molecule has 3 aromatic rings. The summed E-state index contributed by atoms with van der Waals surface area (Å²) < 4.78 is 7.59. The first kappa shape index (κ1) is 13.4. The highest BCUT2D eigenvalue weighted by Gasteiger charge is 2.18. The number of nitrogens with zero attached hydrogens (tertiary/aromatic N) is 2. The maximum atomic E-state index is 12.3. The van der Waals surface area contributed by atoms with Gasteiger partial charge in [-0.15, -0.1) is 0 Å². The maximum Gasteiger partial charge on any atom is 0.287 e. The van der Waals surface area contributed by atoms with Gasteiger partial charge >= 0.3 is 0 Å². The Morgan fingerprint density at radius 3 is 2.95 bits per heavy atom. The standard InChI is InChI=1S/C16H17N3O2/c1-11(9-19-8-7-17-10-19)18-16(20)15-12(2)13-5-3-4-6-14(13)21-15/h3-8,10-11H,9H2,1-2H3,(H,18,20)/t11-/m1/s1. The van der Waals surface area contributed by atoms with Gasteiger partial charge in [0.15, 0.2) is 5.76 Å². The number of aromatic nitrogens is 2. The van der Waals surface area contributed by atoms with Crippen LogP contribution in [0.3, 0.4) is 0 Å². The zero-order valence-electron chi connectivity index (χ0n) is 12.0. The molecule has 1 amide bonds. The third-order valence-electron chi connectivity index (χ3n) is 3.47. The number of carbonyl (C=O) groups is 1. The van der Waals surface area contributed by atoms with Gasteiger partial charge in [0.05, 0.1) is 6.33 Å². The van der Waals surface area contributed by atoms with Crippen molar-refractivity contribution in [2.45, 2.75) is 26.4 Å². The summed E-state index contributed by atoms with van der Waals surface area (Å²) >= 11 is 0. The van der Waals surface area contributed by atoms with Gasteiger partial charge in [-0.25, -0.2) is 4.98 Å². The second-order valence-electron chi connectivity index (χ2n) is 5.19. The minimum absolute atomic E-state index is 0.0145. The van der Waals surface area contributed by atoms with Crippen LogP contribution in [0.25, 0.3) is 11.0 Å². The molecule has 0 aliphatic heterocycles. The summed E-state index contributed by atoms with van der Waals surface area (Å²) in [6.07, 6.45) is 5.32. The molecule has 1 atom stereocenters. The highest BCUT2D eigenvalue weighted by molar-refractivity contribution is 5.98. The molecule has 0 saturated heterocycles. The van der Waals surface area contributed by atoms with Crippen LogP contribution in [0.15, 0.2) is 47.4 Å². The van der Waals surface area contributed by atoms with Gasteiger partial charge < -0.3 is 14.3 Å². The lowest BCUT2D eigenvalue weighted by atomic mass is 10.1. The molecule has 0 aliphatic rings. The largest absolute Gasteiger partial charge is 0.451 e. The van der Waals surface area contributed by atoms with Crippen molar-refractivity contribution in [3.8, 4) is 0 Å². The lowest BCUT2D eigenvalue weighted by Gasteiger charge is -2.13. The van der Waals surface area contributed by atoms with Gasteiger partial charge in [0.2, 0.25) is 0 Å².